The monoisotopic (exact) mass is 396 g/mol. The van der Waals surface area contributed by atoms with Crippen molar-refractivity contribution in [1.82, 2.24) is 9.80 Å². The van der Waals surface area contributed by atoms with Gasteiger partial charge in [-0.05, 0) is 28.5 Å². The van der Waals surface area contributed by atoms with Gasteiger partial charge in [-0.2, -0.15) is 0 Å². The standard InChI is InChI=1S/C26H24N2O2/c29-26(25-19-23-22-11-5-4-10-21(22)12-13-24(23)30-25)28-17-15-27(16-18-28)14-6-9-20-7-2-1-3-8-20/h1-13,19H,14-18H2/b9-6+. The van der Waals surface area contributed by atoms with Gasteiger partial charge in [0.05, 0.1) is 0 Å². The first-order valence-electron chi connectivity index (χ1n) is 10.4. The van der Waals surface area contributed by atoms with Crippen molar-refractivity contribution in [3.63, 3.8) is 0 Å². The Kier molecular flexibility index (Phi) is 5.08. The molecule has 0 radical (unpaired) electrons. The molecule has 1 amide bonds. The third kappa shape index (κ3) is 3.74. The topological polar surface area (TPSA) is 36.7 Å². The minimum absolute atomic E-state index is 0.0187. The molecule has 1 aliphatic rings. The number of carbonyl (C=O) groups is 1. The number of piperazine rings is 1. The molecule has 4 heteroatoms. The second-order valence-corrected chi connectivity index (χ2v) is 7.72. The van der Waals surface area contributed by atoms with Crippen molar-refractivity contribution in [3.8, 4) is 0 Å². The Morgan fingerprint density at radius 3 is 2.47 bits per heavy atom. The summed E-state index contributed by atoms with van der Waals surface area (Å²) in [6.07, 6.45) is 4.34. The summed E-state index contributed by atoms with van der Waals surface area (Å²) in [6, 6.07) is 24.4. The maximum Gasteiger partial charge on any atom is 0.289 e. The zero-order valence-corrected chi connectivity index (χ0v) is 16.8. The maximum atomic E-state index is 13.0. The molecule has 4 nitrogen and oxygen atoms in total. The lowest BCUT2D eigenvalue weighted by molar-refractivity contribution is 0.0621. The van der Waals surface area contributed by atoms with Crippen LogP contribution < -0.4 is 0 Å². The van der Waals surface area contributed by atoms with E-state index in [-0.39, 0.29) is 5.91 Å². The van der Waals surface area contributed by atoms with E-state index >= 15 is 0 Å². The van der Waals surface area contributed by atoms with Gasteiger partial charge in [0.25, 0.3) is 5.91 Å². The van der Waals surface area contributed by atoms with Gasteiger partial charge < -0.3 is 9.32 Å². The van der Waals surface area contributed by atoms with Gasteiger partial charge in [-0.1, -0.05) is 72.8 Å². The van der Waals surface area contributed by atoms with E-state index in [1.54, 1.807) is 0 Å². The lowest BCUT2D eigenvalue weighted by Crippen LogP contribution is -2.48. The largest absolute Gasteiger partial charge is 0.451 e. The zero-order valence-electron chi connectivity index (χ0n) is 16.8. The van der Waals surface area contributed by atoms with Gasteiger partial charge in [0.1, 0.15) is 5.58 Å². The summed E-state index contributed by atoms with van der Waals surface area (Å²) in [5.41, 5.74) is 1.98. The first-order valence-corrected chi connectivity index (χ1v) is 10.4. The molecule has 0 saturated carbocycles. The Hall–Kier alpha value is -3.37. The van der Waals surface area contributed by atoms with Crippen LogP contribution in [0.2, 0.25) is 0 Å². The maximum absolute atomic E-state index is 13.0. The van der Waals surface area contributed by atoms with Gasteiger partial charge >= 0.3 is 0 Å². The van der Waals surface area contributed by atoms with E-state index < -0.39 is 0 Å². The van der Waals surface area contributed by atoms with E-state index in [1.165, 1.54) is 5.56 Å². The van der Waals surface area contributed by atoms with Gasteiger partial charge in [-0.15, -0.1) is 0 Å². The summed E-state index contributed by atoms with van der Waals surface area (Å²) in [7, 11) is 0. The van der Waals surface area contributed by atoms with Gasteiger partial charge in [-0.25, -0.2) is 0 Å². The molecule has 0 bridgehead atoms. The highest BCUT2D eigenvalue weighted by atomic mass is 16.3. The van der Waals surface area contributed by atoms with Crippen molar-refractivity contribution < 1.29 is 9.21 Å². The molecule has 4 aromatic rings. The smallest absolute Gasteiger partial charge is 0.289 e. The highest BCUT2D eigenvalue weighted by Gasteiger charge is 2.24. The van der Waals surface area contributed by atoms with E-state index in [0.717, 1.165) is 54.5 Å². The van der Waals surface area contributed by atoms with Crippen molar-refractivity contribution in [3.05, 3.63) is 90.2 Å². The fourth-order valence-electron chi connectivity index (χ4n) is 4.09. The quantitative estimate of drug-likeness (QED) is 0.484. The number of rotatable bonds is 4. The molecule has 1 aromatic heterocycles. The zero-order chi connectivity index (χ0) is 20.3. The molecule has 30 heavy (non-hydrogen) atoms. The summed E-state index contributed by atoms with van der Waals surface area (Å²) in [5.74, 6) is 0.411. The van der Waals surface area contributed by atoms with Crippen LogP contribution in [0.25, 0.3) is 27.8 Å². The number of benzene rings is 3. The van der Waals surface area contributed by atoms with Gasteiger partial charge in [0.15, 0.2) is 5.76 Å². The summed E-state index contributed by atoms with van der Waals surface area (Å²) >= 11 is 0. The fourth-order valence-corrected chi connectivity index (χ4v) is 4.09. The predicted molar refractivity (Wildman–Crippen MR) is 122 cm³/mol. The number of nitrogens with zero attached hydrogens (tertiary/aromatic N) is 2. The molecule has 0 unspecified atom stereocenters. The van der Waals surface area contributed by atoms with Crippen LogP contribution >= 0.6 is 0 Å². The Labute approximate surface area is 176 Å². The molecular weight excluding hydrogens is 372 g/mol. The van der Waals surface area contributed by atoms with Crippen molar-refractivity contribution >= 4 is 33.7 Å². The van der Waals surface area contributed by atoms with Crippen LogP contribution in [-0.4, -0.2) is 48.4 Å². The van der Waals surface area contributed by atoms with Crippen molar-refractivity contribution in [2.75, 3.05) is 32.7 Å². The average molecular weight is 396 g/mol. The first-order chi connectivity index (χ1) is 14.8. The first kappa shape index (κ1) is 18.6. The molecule has 0 aliphatic carbocycles. The Morgan fingerprint density at radius 1 is 0.867 bits per heavy atom. The summed E-state index contributed by atoms with van der Waals surface area (Å²) < 4.78 is 5.92. The molecule has 0 N–H and O–H groups in total. The Balaban J connectivity index is 1.23. The molecule has 1 fully saturated rings. The number of amides is 1. The Morgan fingerprint density at radius 2 is 1.63 bits per heavy atom. The minimum Gasteiger partial charge on any atom is -0.451 e. The SMILES string of the molecule is O=C(c1cc2c(ccc3ccccc32)o1)N1CCN(C/C=C/c2ccccc2)CC1. The van der Waals surface area contributed by atoms with Crippen LogP contribution in [0.15, 0.2) is 83.3 Å². The van der Waals surface area contributed by atoms with E-state index in [4.69, 9.17) is 4.42 Å². The van der Waals surface area contributed by atoms with Crippen LogP contribution in [0.5, 0.6) is 0 Å². The number of fused-ring (bicyclic) bond motifs is 3. The summed E-state index contributed by atoms with van der Waals surface area (Å²) in [5, 5.41) is 3.27. The van der Waals surface area contributed by atoms with Gasteiger partial charge in [-0.3, -0.25) is 9.69 Å². The van der Waals surface area contributed by atoms with Crippen LogP contribution in [0.1, 0.15) is 16.1 Å². The molecule has 1 saturated heterocycles. The van der Waals surface area contributed by atoms with E-state index in [2.05, 4.69) is 41.3 Å². The number of carbonyl (C=O) groups excluding carboxylic acids is 1. The number of furan rings is 1. The molecule has 0 spiro atoms. The molecule has 3 aromatic carbocycles. The molecule has 150 valence electrons. The lowest BCUT2D eigenvalue weighted by atomic mass is 10.1. The van der Waals surface area contributed by atoms with Crippen molar-refractivity contribution in [1.29, 1.82) is 0 Å². The van der Waals surface area contributed by atoms with Crippen molar-refractivity contribution in [2.24, 2.45) is 0 Å². The second kappa shape index (κ2) is 8.17. The van der Waals surface area contributed by atoms with Crippen molar-refractivity contribution in [2.45, 2.75) is 0 Å². The average Bonchev–Trinajstić information content (AvgIpc) is 3.25. The lowest BCUT2D eigenvalue weighted by Gasteiger charge is -2.33. The molecule has 0 atom stereocenters. The van der Waals surface area contributed by atoms with Gasteiger partial charge in [0.2, 0.25) is 0 Å². The summed E-state index contributed by atoms with van der Waals surface area (Å²) in [6.45, 7) is 4.07. The van der Waals surface area contributed by atoms with Crippen LogP contribution in [-0.2, 0) is 0 Å². The highest BCUT2D eigenvalue weighted by Crippen LogP contribution is 2.28. The van der Waals surface area contributed by atoms with Crippen LogP contribution in [0, 0.1) is 0 Å². The normalized spacial score (nSPS) is 15.4. The summed E-state index contributed by atoms with van der Waals surface area (Å²) in [4.78, 5) is 17.3. The molecule has 5 rings (SSSR count). The third-order valence-electron chi connectivity index (χ3n) is 5.77. The minimum atomic E-state index is -0.0187. The highest BCUT2D eigenvalue weighted by molar-refractivity contribution is 6.08. The van der Waals surface area contributed by atoms with Gasteiger partial charge in [0, 0.05) is 38.1 Å². The van der Waals surface area contributed by atoms with Crippen LogP contribution in [0.3, 0.4) is 0 Å². The van der Waals surface area contributed by atoms with Crippen LogP contribution in [0.4, 0.5) is 0 Å². The number of hydrogen-bond donors (Lipinski definition) is 0. The van der Waals surface area contributed by atoms with E-state index in [1.807, 2.05) is 53.4 Å². The van der Waals surface area contributed by atoms with E-state index in [9.17, 15) is 4.79 Å². The number of hydrogen-bond acceptors (Lipinski definition) is 3. The molecule has 1 aliphatic heterocycles. The van der Waals surface area contributed by atoms with E-state index in [0.29, 0.717) is 5.76 Å². The second-order valence-electron chi connectivity index (χ2n) is 7.72. The molecule has 2 heterocycles. The Bertz CT molecular complexity index is 1200. The predicted octanol–water partition coefficient (Wildman–Crippen LogP) is 5.06. The molecular formula is C26H24N2O2. The third-order valence-corrected chi connectivity index (χ3v) is 5.77. The fraction of sp³-hybridized carbons (Fsp3) is 0.192.